The Balaban J connectivity index is 2.42. The van der Waals surface area contributed by atoms with Crippen LogP contribution in [0.5, 0.6) is 0 Å². The van der Waals surface area contributed by atoms with Crippen molar-refractivity contribution in [3.8, 4) is 0 Å². The van der Waals surface area contributed by atoms with Crippen LogP contribution in [0.3, 0.4) is 0 Å². The van der Waals surface area contributed by atoms with Crippen molar-refractivity contribution in [1.82, 2.24) is 5.32 Å². The first-order valence-corrected chi connectivity index (χ1v) is 5.04. The van der Waals surface area contributed by atoms with E-state index >= 15 is 0 Å². The Morgan fingerprint density at radius 3 is 2.94 bits per heavy atom. The lowest BCUT2D eigenvalue weighted by atomic mass is 10.1. The van der Waals surface area contributed by atoms with E-state index in [1.165, 1.54) is 7.05 Å². The molecule has 5 heteroatoms. The highest BCUT2D eigenvalue weighted by Crippen LogP contribution is 2.29. The molecule has 0 aromatic heterocycles. The van der Waals surface area contributed by atoms with Crippen LogP contribution in [0, 0.1) is 0 Å². The van der Waals surface area contributed by atoms with Gasteiger partial charge in [-0.3, -0.25) is 4.79 Å². The molecule has 0 bridgehead atoms. The molecule has 0 atom stereocenters. The Morgan fingerprint density at radius 1 is 1.56 bits per heavy atom. The fourth-order valence-corrected chi connectivity index (χ4v) is 1.84. The minimum absolute atomic E-state index is 0.205. The Bertz CT molecular complexity index is 457. The van der Waals surface area contributed by atoms with Crippen LogP contribution in [-0.4, -0.2) is 19.0 Å². The van der Waals surface area contributed by atoms with Gasteiger partial charge in [0, 0.05) is 13.6 Å². The van der Waals surface area contributed by atoms with Crippen molar-refractivity contribution in [3.05, 3.63) is 29.3 Å². The van der Waals surface area contributed by atoms with Gasteiger partial charge in [-0.15, -0.1) is 0 Å². The summed E-state index contributed by atoms with van der Waals surface area (Å²) in [5.74, 6) is -0.205. The highest BCUT2D eigenvalue weighted by atomic mass is 16.2. The smallest absolute Gasteiger partial charge is 0.328 e. The van der Waals surface area contributed by atoms with E-state index in [9.17, 15) is 9.59 Å². The number of amides is 3. The van der Waals surface area contributed by atoms with Gasteiger partial charge in [0.25, 0.3) is 0 Å². The summed E-state index contributed by atoms with van der Waals surface area (Å²) >= 11 is 0. The first-order chi connectivity index (χ1) is 7.67. The van der Waals surface area contributed by atoms with Gasteiger partial charge in [0.05, 0.1) is 12.1 Å². The average Bonchev–Trinajstić information content (AvgIpc) is 2.62. The average molecular weight is 219 g/mol. The number of carbonyl (C=O) groups excluding carboxylic acids is 2. The highest BCUT2D eigenvalue weighted by molar-refractivity contribution is 6.18. The molecule has 3 N–H and O–H groups in total. The van der Waals surface area contributed by atoms with Crippen LogP contribution in [0.1, 0.15) is 11.1 Å². The largest absolute Gasteiger partial charge is 0.340 e. The zero-order valence-corrected chi connectivity index (χ0v) is 8.99. The fourth-order valence-electron chi connectivity index (χ4n) is 1.84. The maximum atomic E-state index is 11.7. The van der Waals surface area contributed by atoms with E-state index in [-0.39, 0.29) is 12.3 Å². The molecule has 1 aromatic carbocycles. The monoisotopic (exact) mass is 219 g/mol. The molecule has 0 saturated heterocycles. The van der Waals surface area contributed by atoms with Crippen molar-refractivity contribution in [3.63, 3.8) is 0 Å². The molecule has 1 heterocycles. The van der Waals surface area contributed by atoms with Crippen LogP contribution < -0.4 is 16.0 Å². The highest BCUT2D eigenvalue weighted by Gasteiger charge is 2.31. The van der Waals surface area contributed by atoms with Crippen LogP contribution in [-0.2, 0) is 17.8 Å². The Labute approximate surface area is 93.2 Å². The topological polar surface area (TPSA) is 75.4 Å². The molecule has 2 rings (SSSR count). The van der Waals surface area contributed by atoms with Gasteiger partial charge >= 0.3 is 6.03 Å². The minimum Gasteiger partial charge on any atom is -0.340 e. The number of fused-ring (bicyclic) bond motifs is 1. The summed E-state index contributed by atoms with van der Waals surface area (Å²) in [6, 6.07) is 5.06. The van der Waals surface area contributed by atoms with Crippen molar-refractivity contribution in [2.75, 3.05) is 11.9 Å². The molecule has 0 spiro atoms. The first-order valence-electron chi connectivity index (χ1n) is 5.04. The molecule has 0 fully saturated rings. The van der Waals surface area contributed by atoms with Gasteiger partial charge in [-0.25, -0.2) is 9.69 Å². The quantitative estimate of drug-likeness (QED) is 0.716. The maximum absolute atomic E-state index is 11.7. The molecule has 0 aliphatic carbocycles. The summed E-state index contributed by atoms with van der Waals surface area (Å²) in [6.45, 7) is 0.432. The molecule has 5 nitrogen and oxygen atoms in total. The number of urea groups is 1. The van der Waals surface area contributed by atoms with Gasteiger partial charge in [0.1, 0.15) is 0 Å². The predicted molar refractivity (Wildman–Crippen MR) is 60.0 cm³/mol. The number of imide groups is 1. The van der Waals surface area contributed by atoms with Gasteiger partial charge in [-0.05, 0) is 17.2 Å². The molecule has 16 heavy (non-hydrogen) atoms. The summed E-state index contributed by atoms with van der Waals surface area (Å²) in [4.78, 5) is 24.3. The molecule has 0 unspecified atom stereocenters. The lowest BCUT2D eigenvalue weighted by Crippen LogP contribution is -2.40. The van der Waals surface area contributed by atoms with Gasteiger partial charge < -0.3 is 11.1 Å². The van der Waals surface area contributed by atoms with E-state index in [0.717, 1.165) is 16.0 Å². The molecule has 1 aliphatic heterocycles. The van der Waals surface area contributed by atoms with E-state index in [1.54, 1.807) is 6.07 Å². The predicted octanol–water partition coefficient (Wildman–Crippen LogP) is 0.374. The van der Waals surface area contributed by atoms with E-state index in [0.29, 0.717) is 12.2 Å². The van der Waals surface area contributed by atoms with Crippen LogP contribution >= 0.6 is 0 Å². The number of nitrogens with one attached hydrogen (secondary N) is 1. The number of hydrogen-bond donors (Lipinski definition) is 2. The normalized spacial score (nSPS) is 13.9. The van der Waals surface area contributed by atoms with Crippen LogP contribution in [0.4, 0.5) is 10.5 Å². The SMILES string of the molecule is CNC(=O)N1C(=O)Cc2cc(CN)ccc21. The molecule has 0 radical (unpaired) electrons. The summed E-state index contributed by atoms with van der Waals surface area (Å²) < 4.78 is 0. The van der Waals surface area contributed by atoms with Crippen molar-refractivity contribution in [1.29, 1.82) is 0 Å². The molecule has 3 amide bonds. The summed E-state index contributed by atoms with van der Waals surface area (Å²) in [6.07, 6.45) is 0.261. The number of anilines is 1. The van der Waals surface area contributed by atoms with Crippen molar-refractivity contribution in [2.24, 2.45) is 5.73 Å². The van der Waals surface area contributed by atoms with Gasteiger partial charge in [-0.1, -0.05) is 12.1 Å². The zero-order valence-electron chi connectivity index (χ0n) is 8.99. The van der Waals surface area contributed by atoms with E-state index in [2.05, 4.69) is 5.32 Å². The zero-order chi connectivity index (χ0) is 11.7. The van der Waals surface area contributed by atoms with Crippen LogP contribution in [0.25, 0.3) is 0 Å². The van der Waals surface area contributed by atoms with Gasteiger partial charge in [-0.2, -0.15) is 0 Å². The van der Waals surface area contributed by atoms with E-state index in [4.69, 9.17) is 5.73 Å². The number of benzene rings is 1. The third kappa shape index (κ3) is 1.55. The van der Waals surface area contributed by atoms with E-state index < -0.39 is 6.03 Å². The second-order valence-electron chi connectivity index (χ2n) is 3.63. The third-order valence-electron chi connectivity index (χ3n) is 2.63. The second kappa shape index (κ2) is 3.94. The van der Waals surface area contributed by atoms with Crippen molar-refractivity contribution < 1.29 is 9.59 Å². The maximum Gasteiger partial charge on any atom is 0.328 e. The Hall–Kier alpha value is -1.88. The first kappa shape index (κ1) is 10.6. The standard InChI is InChI=1S/C11H13N3O2/c1-13-11(16)14-9-3-2-7(6-12)4-8(9)5-10(14)15/h2-4H,5-6,12H2,1H3,(H,13,16). The molecule has 1 aliphatic rings. The summed E-state index contributed by atoms with van der Waals surface area (Å²) in [5.41, 5.74) is 8.00. The number of nitrogens with two attached hydrogens (primary N) is 1. The lowest BCUT2D eigenvalue weighted by molar-refractivity contribution is -0.116. The second-order valence-corrected chi connectivity index (χ2v) is 3.63. The van der Waals surface area contributed by atoms with Gasteiger partial charge in [0.15, 0.2) is 0 Å². The summed E-state index contributed by atoms with van der Waals surface area (Å²) in [7, 11) is 1.50. The summed E-state index contributed by atoms with van der Waals surface area (Å²) in [5, 5.41) is 2.45. The molecule has 1 aromatic rings. The molecule has 0 saturated carbocycles. The lowest BCUT2D eigenvalue weighted by Gasteiger charge is -2.14. The molecular weight excluding hydrogens is 206 g/mol. The third-order valence-corrected chi connectivity index (χ3v) is 2.63. The number of rotatable bonds is 1. The van der Waals surface area contributed by atoms with Crippen LogP contribution in [0.2, 0.25) is 0 Å². The Morgan fingerprint density at radius 2 is 2.31 bits per heavy atom. The number of carbonyl (C=O) groups is 2. The molecular formula is C11H13N3O2. The van der Waals surface area contributed by atoms with Crippen molar-refractivity contribution in [2.45, 2.75) is 13.0 Å². The van der Waals surface area contributed by atoms with Gasteiger partial charge in [0.2, 0.25) is 5.91 Å². The number of hydrogen-bond acceptors (Lipinski definition) is 3. The minimum atomic E-state index is -0.399. The van der Waals surface area contributed by atoms with Crippen LogP contribution in [0.15, 0.2) is 18.2 Å². The Kier molecular flexibility index (Phi) is 2.62. The van der Waals surface area contributed by atoms with E-state index in [1.807, 2.05) is 12.1 Å². The number of nitrogens with zero attached hydrogens (tertiary/aromatic N) is 1. The van der Waals surface area contributed by atoms with Crippen molar-refractivity contribution >= 4 is 17.6 Å². The fraction of sp³-hybridized carbons (Fsp3) is 0.273. The molecule has 84 valence electrons.